The summed E-state index contributed by atoms with van der Waals surface area (Å²) in [6.07, 6.45) is 0.865. The van der Waals surface area contributed by atoms with Crippen LogP contribution in [-0.4, -0.2) is 40.8 Å². The van der Waals surface area contributed by atoms with Gasteiger partial charge in [-0.15, -0.1) is 5.01 Å². The number of aliphatic carboxylic acids is 1. The number of hydrogen-bond acceptors (Lipinski definition) is 6. The van der Waals surface area contributed by atoms with E-state index in [1.54, 1.807) is 0 Å². The average Bonchev–Trinajstić information content (AvgIpc) is 2.68. The minimum atomic E-state index is -1.35. The standard InChI is InChI=1S/C5H9N3O4.CH4O.2Na/c9-5(10)4-2-1-3-7(4)8(12)6-11;1-2;;/h4,11H,1-3H2,(H,9,10);2H,1H3;;/q;;2*+1/p-2. The van der Waals surface area contributed by atoms with E-state index >= 15 is 0 Å². The Hall–Kier alpha value is 0.430. The van der Waals surface area contributed by atoms with Crippen molar-refractivity contribution in [2.24, 2.45) is 5.28 Å². The van der Waals surface area contributed by atoms with Crippen molar-refractivity contribution in [2.45, 2.75) is 18.9 Å². The van der Waals surface area contributed by atoms with E-state index in [0.29, 0.717) is 12.8 Å². The van der Waals surface area contributed by atoms with Gasteiger partial charge in [-0.2, -0.15) is 0 Å². The maximum Gasteiger partial charge on any atom is 1.00 e. The number of hydrazine groups is 1. The van der Waals surface area contributed by atoms with E-state index in [-0.39, 0.29) is 70.6 Å². The van der Waals surface area contributed by atoms with Crippen LogP contribution in [0.5, 0.6) is 0 Å². The van der Waals surface area contributed by atoms with Gasteiger partial charge in [-0.3, -0.25) is 0 Å². The molecule has 1 fully saturated rings. The van der Waals surface area contributed by atoms with Crippen molar-refractivity contribution in [2.75, 3.05) is 13.7 Å². The predicted octanol–water partition coefficient (Wildman–Crippen LogP) is -7.81. The molecule has 1 atom stereocenters. The van der Waals surface area contributed by atoms with E-state index in [4.69, 9.17) is 5.11 Å². The van der Waals surface area contributed by atoms with Gasteiger partial charge in [-0.1, -0.05) is 0 Å². The fourth-order valence-corrected chi connectivity index (χ4v) is 1.24. The second-order valence-corrected chi connectivity index (χ2v) is 2.47. The molecule has 1 heterocycles. The fourth-order valence-electron chi connectivity index (χ4n) is 1.24. The first kappa shape index (κ1) is 21.7. The number of carbonyl (C=O) groups is 1. The van der Waals surface area contributed by atoms with Crippen LogP contribution in [0.25, 0.3) is 0 Å². The molecule has 16 heavy (non-hydrogen) atoms. The zero-order chi connectivity index (χ0) is 11.1. The molecule has 1 N–H and O–H groups in total. The van der Waals surface area contributed by atoms with Gasteiger partial charge in [-0.25, -0.2) is 0 Å². The third-order valence-corrected chi connectivity index (χ3v) is 1.79. The number of carboxylic acids is 1. The van der Waals surface area contributed by atoms with Gasteiger partial charge in [0.1, 0.15) is 6.04 Å². The maximum atomic E-state index is 10.6. The molecule has 0 spiro atoms. The van der Waals surface area contributed by atoms with Gasteiger partial charge in [0, 0.05) is 12.1 Å². The molecule has 1 aliphatic heterocycles. The molecule has 1 unspecified atom stereocenters. The third kappa shape index (κ3) is 6.24. The van der Waals surface area contributed by atoms with Gasteiger partial charge in [0.15, 0.2) is 0 Å². The van der Waals surface area contributed by atoms with E-state index in [9.17, 15) is 20.3 Å². The van der Waals surface area contributed by atoms with Crippen molar-refractivity contribution < 1.29 is 79.1 Å². The van der Waals surface area contributed by atoms with Gasteiger partial charge in [0.25, 0.3) is 0 Å². The number of rotatable bonds is 2. The van der Waals surface area contributed by atoms with Crippen LogP contribution in [0.2, 0.25) is 0 Å². The summed E-state index contributed by atoms with van der Waals surface area (Å²) in [6, 6.07) is -1.01. The Morgan fingerprint density at radius 3 is 2.38 bits per heavy atom. The number of carbonyl (C=O) groups excluding carboxylic acids is 1. The first-order chi connectivity index (χ1) is 6.66. The molecular weight excluding hydrogens is 240 g/mol. The molecule has 0 amide bonds. The summed E-state index contributed by atoms with van der Waals surface area (Å²) < 4.78 is 0. The summed E-state index contributed by atoms with van der Waals surface area (Å²) in [5, 5.41) is 40.6. The van der Waals surface area contributed by atoms with Crippen LogP contribution < -0.4 is 64.2 Å². The second kappa shape index (κ2) is 11.9. The summed E-state index contributed by atoms with van der Waals surface area (Å²) in [5.41, 5.74) is 0. The van der Waals surface area contributed by atoms with Crippen LogP contribution in [0.4, 0.5) is 0 Å². The average molecular weight is 251 g/mol. The summed E-state index contributed by atoms with van der Waals surface area (Å²) in [4.78, 5) is 10.1. The molecule has 0 radical (unpaired) electrons. The molecule has 0 aromatic carbocycles. The zero-order valence-corrected chi connectivity index (χ0v) is 13.6. The molecule has 0 aromatic rings. The first-order valence-electron chi connectivity index (χ1n) is 3.89. The second-order valence-electron chi connectivity index (χ2n) is 2.47. The van der Waals surface area contributed by atoms with Crippen molar-refractivity contribution in [3.63, 3.8) is 0 Å². The topological polar surface area (TPSA) is 125 Å². The normalized spacial score (nSPS) is 18.8. The van der Waals surface area contributed by atoms with Crippen LogP contribution in [0.3, 0.4) is 0 Å². The van der Waals surface area contributed by atoms with Gasteiger partial charge >= 0.3 is 59.1 Å². The monoisotopic (exact) mass is 251 g/mol. The Kier molecular flexibility index (Phi) is 16.1. The van der Waals surface area contributed by atoms with Crippen LogP contribution in [0.1, 0.15) is 12.8 Å². The Bertz CT molecular complexity index is 228. The molecule has 1 aliphatic rings. The molecule has 0 bridgehead atoms. The van der Waals surface area contributed by atoms with E-state index in [2.05, 4.69) is 5.28 Å². The van der Waals surface area contributed by atoms with E-state index < -0.39 is 12.0 Å². The Morgan fingerprint density at radius 1 is 1.50 bits per heavy atom. The SMILES string of the molecule is CO.O=C([O-])C1CCCN1[N+]([O-])=N[O-].[Na+].[Na+]. The van der Waals surface area contributed by atoms with E-state index in [1.165, 1.54) is 0 Å². The molecule has 10 heteroatoms. The molecule has 82 valence electrons. The number of aliphatic hydroxyl groups is 1. The minimum Gasteiger partial charge on any atom is -0.737 e. The Balaban J connectivity index is -0.000000399. The Labute approximate surface area is 137 Å². The summed E-state index contributed by atoms with van der Waals surface area (Å²) >= 11 is 0. The van der Waals surface area contributed by atoms with E-state index in [0.717, 1.165) is 12.1 Å². The van der Waals surface area contributed by atoms with Gasteiger partial charge in [0.05, 0.1) is 12.5 Å². The predicted molar refractivity (Wildman–Crippen MR) is 42.3 cm³/mol. The molecule has 1 saturated heterocycles. The Morgan fingerprint density at radius 2 is 2.00 bits per heavy atom. The zero-order valence-electron chi connectivity index (χ0n) is 9.62. The molecule has 8 nitrogen and oxygen atoms in total. The molecular formula is C6H11N3Na2O5. The van der Waals surface area contributed by atoms with Crippen molar-refractivity contribution in [1.82, 2.24) is 5.01 Å². The maximum absolute atomic E-state index is 10.6. The number of aliphatic hydroxyl groups excluding tert-OH is 1. The quantitative estimate of drug-likeness (QED) is 0.225. The third-order valence-electron chi connectivity index (χ3n) is 1.79. The van der Waals surface area contributed by atoms with Crippen LogP contribution >= 0.6 is 0 Å². The number of carboxylic acid groups (broad SMARTS) is 1. The number of nitrogens with zero attached hydrogens (tertiary/aromatic N) is 3. The number of hydrogen-bond donors (Lipinski definition) is 1. The van der Waals surface area contributed by atoms with Crippen molar-refractivity contribution in [3.8, 4) is 0 Å². The first-order valence-corrected chi connectivity index (χ1v) is 3.89. The largest absolute Gasteiger partial charge is 1.00 e. The molecule has 0 aromatic heterocycles. The molecule has 0 aliphatic carbocycles. The minimum absolute atomic E-state index is 0. The van der Waals surface area contributed by atoms with Crippen LogP contribution in [0, 0.1) is 10.4 Å². The van der Waals surface area contributed by atoms with Gasteiger partial charge < -0.3 is 25.4 Å². The van der Waals surface area contributed by atoms with Crippen LogP contribution in [-0.2, 0) is 4.79 Å². The van der Waals surface area contributed by atoms with Crippen molar-refractivity contribution in [1.29, 1.82) is 0 Å². The smallest absolute Gasteiger partial charge is 0.737 e. The van der Waals surface area contributed by atoms with Crippen molar-refractivity contribution in [3.05, 3.63) is 10.4 Å². The molecule has 1 rings (SSSR count). The van der Waals surface area contributed by atoms with Gasteiger partial charge in [-0.05, 0) is 18.1 Å². The fraction of sp³-hybridized carbons (Fsp3) is 0.833. The summed E-state index contributed by atoms with van der Waals surface area (Å²) in [7, 11) is 1.00. The molecule has 0 saturated carbocycles. The summed E-state index contributed by atoms with van der Waals surface area (Å²) in [6.45, 7) is 0.230. The summed E-state index contributed by atoms with van der Waals surface area (Å²) in [5.74, 6) is -1.35. The van der Waals surface area contributed by atoms with E-state index in [1.807, 2.05) is 0 Å². The van der Waals surface area contributed by atoms with Gasteiger partial charge in [0.2, 0.25) is 0 Å². The van der Waals surface area contributed by atoms with Crippen molar-refractivity contribution >= 4 is 5.97 Å². The van der Waals surface area contributed by atoms with Crippen LogP contribution in [0.15, 0.2) is 5.28 Å².